The predicted octanol–water partition coefficient (Wildman–Crippen LogP) is 3.16. The van der Waals surface area contributed by atoms with E-state index in [1.165, 1.54) is 16.8 Å². The number of fused-ring (bicyclic) bond motifs is 1. The minimum absolute atomic E-state index is 0.527. The normalized spacial score (nSPS) is 19.5. The summed E-state index contributed by atoms with van der Waals surface area (Å²) in [5, 5.41) is 10.0. The van der Waals surface area contributed by atoms with Gasteiger partial charge < -0.3 is 10.0 Å². The molecule has 100 valence electrons. The van der Waals surface area contributed by atoms with Crippen molar-refractivity contribution in [3.8, 4) is 0 Å². The number of nitrogens with zero attached hydrogens (tertiary/aromatic N) is 1. The fourth-order valence-corrected chi connectivity index (χ4v) is 3.15. The van der Waals surface area contributed by atoms with Crippen LogP contribution in [0.1, 0.15) is 45.7 Å². The van der Waals surface area contributed by atoms with Crippen molar-refractivity contribution in [1.82, 2.24) is 0 Å². The van der Waals surface area contributed by atoms with Gasteiger partial charge in [-0.15, -0.1) is 0 Å². The van der Waals surface area contributed by atoms with Gasteiger partial charge in [-0.25, -0.2) is 0 Å². The van der Waals surface area contributed by atoms with Gasteiger partial charge in [0.25, 0.3) is 0 Å². The Morgan fingerprint density at radius 2 is 2.06 bits per heavy atom. The molecule has 1 heterocycles. The molecule has 0 spiro atoms. The van der Waals surface area contributed by atoms with Crippen molar-refractivity contribution < 1.29 is 5.11 Å². The second-order valence-electron chi connectivity index (χ2n) is 6.46. The molecule has 0 radical (unpaired) electrons. The van der Waals surface area contributed by atoms with Crippen LogP contribution in [0.2, 0.25) is 0 Å². The summed E-state index contributed by atoms with van der Waals surface area (Å²) >= 11 is 0. The first-order valence-corrected chi connectivity index (χ1v) is 6.91. The molecule has 1 atom stereocenters. The fraction of sp³-hybridized carbons (Fsp3) is 0.625. The molecule has 0 amide bonds. The SMILES string of the molecule is CC(C)N1c2cccc(CC(C)(C)O)c2CC1C. The second kappa shape index (κ2) is 4.58. The van der Waals surface area contributed by atoms with Gasteiger partial charge in [-0.2, -0.15) is 0 Å². The maximum atomic E-state index is 10.0. The highest BCUT2D eigenvalue weighted by Crippen LogP contribution is 2.36. The van der Waals surface area contributed by atoms with E-state index in [4.69, 9.17) is 0 Å². The second-order valence-corrected chi connectivity index (χ2v) is 6.46. The van der Waals surface area contributed by atoms with Gasteiger partial charge in [0, 0.05) is 24.2 Å². The molecule has 0 aliphatic carbocycles. The lowest BCUT2D eigenvalue weighted by molar-refractivity contribution is 0.0808. The van der Waals surface area contributed by atoms with Gasteiger partial charge in [-0.3, -0.25) is 0 Å². The molecule has 0 bridgehead atoms. The van der Waals surface area contributed by atoms with E-state index >= 15 is 0 Å². The van der Waals surface area contributed by atoms with Crippen molar-refractivity contribution in [3.63, 3.8) is 0 Å². The van der Waals surface area contributed by atoms with E-state index in [1.807, 2.05) is 13.8 Å². The first-order valence-electron chi connectivity index (χ1n) is 6.91. The molecule has 1 aromatic rings. The van der Waals surface area contributed by atoms with E-state index in [0.29, 0.717) is 12.1 Å². The van der Waals surface area contributed by atoms with Crippen LogP contribution in [-0.4, -0.2) is 22.8 Å². The molecule has 2 nitrogen and oxygen atoms in total. The molecule has 1 unspecified atom stereocenters. The van der Waals surface area contributed by atoms with E-state index in [1.54, 1.807) is 0 Å². The molecule has 18 heavy (non-hydrogen) atoms. The molecule has 2 heteroatoms. The van der Waals surface area contributed by atoms with Gasteiger partial charge in [0.2, 0.25) is 0 Å². The van der Waals surface area contributed by atoms with Gasteiger partial charge in [0.05, 0.1) is 5.60 Å². The lowest BCUT2D eigenvalue weighted by Crippen LogP contribution is -2.35. The summed E-state index contributed by atoms with van der Waals surface area (Å²) < 4.78 is 0. The number of benzene rings is 1. The first-order chi connectivity index (χ1) is 8.29. The summed E-state index contributed by atoms with van der Waals surface area (Å²) in [6.45, 7) is 10.5. The number of rotatable bonds is 3. The quantitative estimate of drug-likeness (QED) is 0.887. The van der Waals surface area contributed by atoms with Crippen molar-refractivity contribution >= 4 is 5.69 Å². The lowest BCUT2D eigenvalue weighted by Gasteiger charge is -2.29. The average Bonchev–Trinajstić information content (AvgIpc) is 2.53. The van der Waals surface area contributed by atoms with Crippen LogP contribution in [-0.2, 0) is 12.8 Å². The summed E-state index contributed by atoms with van der Waals surface area (Å²) in [7, 11) is 0. The number of aliphatic hydroxyl groups is 1. The summed E-state index contributed by atoms with van der Waals surface area (Å²) in [4.78, 5) is 2.49. The Morgan fingerprint density at radius 1 is 1.39 bits per heavy atom. The molecular formula is C16H25NO. The molecule has 0 saturated carbocycles. The summed E-state index contributed by atoms with van der Waals surface area (Å²) in [6.07, 6.45) is 1.83. The molecule has 0 fully saturated rings. The maximum Gasteiger partial charge on any atom is 0.0632 e. The Kier molecular flexibility index (Phi) is 3.41. The van der Waals surface area contributed by atoms with Crippen molar-refractivity contribution in [1.29, 1.82) is 0 Å². The number of hydrogen-bond donors (Lipinski definition) is 1. The third kappa shape index (κ3) is 2.54. The summed E-state index contributed by atoms with van der Waals surface area (Å²) in [5.74, 6) is 0. The van der Waals surface area contributed by atoms with Crippen LogP contribution >= 0.6 is 0 Å². The number of anilines is 1. The summed E-state index contributed by atoms with van der Waals surface area (Å²) in [6, 6.07) is 7.58. The molecule has 1 aliphatic rings. The molecule has 1 aliphatic heterocycles. The predicted molar refractivity (Wildman–Crippen MR) is 77.2 cm³/mol. The molecule has 0 saturated heterocycles. The van der Waals surface area contributed by atoms with E-state index in [0.717, 1.165) is 12.8 Å². The van der Waals surface area contributed by atoms with Crippen molar-refractivity contribution in [2.75, 3.05) is 4.90 Å². The van der Waals surface area contributed by atoms with E-state index in [2.05, 4.69) is 43.9 Å². The molecule has 0 aromatic heterocycles. The van der Waals surface area contributed by atoms with Gasteiger partial charge in [-0.1, -0.05) is 12.1 Å². The Morgan fingerprint density at radius 3 is 2.61 bits per heavy atom. The smallest absolute Gasteiger partial charge is 0.0632 e. The largest absolute Gasteiger partial charge is 0.390 e. The van der Waals surface area contributed by atoms with Crippen LogP contribution in [0.5, 0.6) is 0 Å². The highest BCUT2D eigenvalue weighted by atomic mass is 16.3. The van der Waals surface area contributed by atoms with E-state index in [9.17, 15) is 5.11 Å². The highest BCUT2D eigenvalue weighted by molar-refractivity contribution is 5.62. The van der Waals surface area contributed by atoms with Gasteiger partial charge in [0.1, 0.15) is 0 Å². The lowest BCUT2D eigenvalue weighted by atomic mass is 9.93. The topological polar surface area (TPSA) is 23.5 Å². The summed E-state index contributed by atoms with van der Waals surface area (Å²) in [5.41, 5.74) is 3.46. The minimum Gasteiger partial charge on any atom is -0.390 e. The van der Waals surface area contributed by atoms with Crippen LogP contribution in [0.3, 0.4) is 0 Å². The average molecular weight is 247 g/mol. The zero-order valence-electron chi connectivity index (χ0n) is 12.2. The Hall–Kier alpha value is -1.02. The first kappa shape index (κ1) is 13.4. The van der Waals surface area contributed by atoms with Crippen LogP contribution in [0.25, 0.3) is 0 Å². The highest BCUT2D eigenvalue weighted by Gasteiger charge is 2.30. The molecular weight excluding hydrogens is 222 g/mol. The Bertz CT molecular complexity index is 431. The Labute approximate surface area is 111 Å². The zero-order valence-corrected chi connectivity index (χ0v) is 12.2. The maximum absolute atomic E-state index is 10.0. The van der Waals surface area contributed by atoms with Crippen molar-refractivity contribution in [2.45, 2.75) is 65.1 Å². The zero-order chi connectivity index (χ0) is 13.5. The third-order valence-electron chi connectivity index (χ3n) is 3.68. The van der Waals surface area contributed by atoms with Gasteiger partial charge in [-0.05, 0) is 58.2 Å². The third-order valence-corrected chi connectivity index (χ3v) is 3.68. The fourth-order valence-electron chi connectivity index (χ4n) is 3.15. The van der Waals surface area contributed by atoms with Crippen molar-refractivity contribution in [2.24, 2.45) is 0 Å². The monoisotopic (exact) mass is 247 g/mol. The van der Waals surface area contributed by atoms with Crippen LogP contribution in [0.4, 0.5) is 5.69 Å². The van der Waals surface area contributed by atoms with Crippen LogP contribution in [0, 0.1) is 0 Å². The number of hydrogen-bond acceptors (Lipinski definition) is 2. The molecule has 1 aromatic carbocycles. The molecule has 2 rings (SSSR count). The van der Waals surface area contributed by atoms with Gasteiger partial charge in [0.15, 0.2) is 0 Å². The van der Waals surface area contributed by atoms with E-state index < -0.39 is 5.60 Å². The minimum atomic E-state index is -0.635. The van der Waals surface area contributed by atoms with Crippen LogP contribution < -0.4 is 4.90 Å². The van der Waals surface area contributed by atoms with Crippen LogP contribution in [0.15, 0.2) is 18.2 Å². The molecule has 1 N–H and O–H groups in total. The standard InChI is InChI=1S/C16H25NO/c1-11(2)17-12(3)9-14-13(10-16(4,5)18)7-6-8-15(14)17/h6-8,11-12,18H,9-10H2,1-5H3. The Balaban J connectivity index is 2.39. The van der Waals surface area contributed by atoms with Crippen molar-refractivity contribution in [3.05, 3.63) is 29.3 Å². The van der Waals surface area contributed by atoms with Gasteiger partial charge >= 0.3 is 0 Å². The van der Waals surface area contributed by atoms with E-state index in [-0.39, 0.29) is 0 Å².